The molecule has 0 aliphatic heterocycles. The van der Waals surface area contributed by atoms with Gasteiger partial charge in [-0.2, -0.15) is 0 Å². The lowest BCUT2D eigenvalue weighted by Gasteiger charge is -1.92. The molecule has 0 radical (unpaired) electrons. The van der Waals surface area contributed by atoms with Crippen molar-refractivity contribution in [2.45, 2.75) is 19.8 Å². The summed E-state index contributed by atoms with van der Waals surface area (Å²) in [6.45, 7) is 2.09. The standard InChI is InChI=1S/C8H12O/c1-3-4-5-8(2)6-7-9/h1,6,9H,4-5,7H2,2H3/b8-6-. The molecule has 0 aliphatic rings. The van der Waals surface area contributed by atoms with Gasteiger partial charge in [-0.3, -0.25) is 0 Å². The van der Waals surface area contributed by atoms with Gasteiger partial charge < -0.3 is 5.11 Å². The third-order valence-electron chi connectivity index (χ3n) is 1.10. The Morgan fingerprint density at radius 2 is 2.44 bits per heavy atom. The van der Waals surface area contributed by atoms with Crippen LogP contribution in [0.25, 0.3) is 0 Å². The van der Waals surface area contributed by atoms with Crippen LogP contribution in [0.1, 0.15) is 19.8 Å². The third-order valence-corrected chi connectivity index (χ3v) is 1.10. The molecule has 0 bridgehead atoms. The molecular weight excluding hydrogens is 112 g/mol. The molecule has 0 aromatic heterocycles. The molecule has 0 rings (SSSR count). The molecule has 9 heavy (non-hydrogen) atoms. The van der Waals surface area contributed by atoms with E-state index in [-0.39, 0.29) is 6.61 Å². The number of hydrogen-bond acceptors (Lipinski definition) is 1. The number of aliphatic hydroxyl groups is 1. The first-order valence-electron chi connectivity index (χ1n) is 3.01. The summed E-state index contributed by atoms with van der Waals surface area (Å²) in [5, 5.41) is 8.41. The molecule has 0 heterocycles. The van der Waals surface area contributed by atoms with Gasteiger partial charge in [-0.1, -0.05) is 11.6 Å². The number of aliphatic hydroxyl groups excluding tert-OH is 1. The minimum atomic E-state index is 0.121. The van der Waals surface area contributed by atoms with Crippen molar-refractivity contribution in [1.82, 2.24) is 0 Å². The van der Waals surface area contributed by atoms with Crippen molar-refractivity contribution in [2.75, 3.05) is 6.61 Å². The zero-order valence-electron chi connectivity index (χ0n) is 5.72. The van der Waals surface area contributed by atoms with E-state index in [9.17, 15) is 0 Å². The molecule has 1 nitrogen and oxygen atoms in total. The first kappa shape index (κ1) is 8.26. The molecule has 0 saturated heterocycles. The fourth-order valence-corrected chi connectivity index (χ4v) is 0.527. The van der Waals surface area contributed by atoms with Gasteiger partial charge in [0.15, 0.2) is 0 Å². The summed E-state index contributed by atoms with van der Waals surface area (Å²) in [5.74, 6) is 2.53. The van der Waals surface area contributed by atoms with Crippen LogP contribution in [-0.4, -0.2) is 11.7 Å². The average molecular weight is 124 g/mol. The molecule has 0 fully saturated rings. The smallest absolute Gasteiger partial charge is 0.0614 e. The topological polar surface area (TPSA) is 20.2 Å². The van der Waals surface area contributed by atoms with Gasteiger partial charge in [-0.25, -0.2) is 0 Å². The minimum Gasteiger partial charge on any atom is -0.392 e. The van der Waals surface area contributed by atoms with E-state index in [2.05, 4.69) is 5.92 Å². The SMILES string of the molecule is C#CCC/C(C)=C\CO. The summed E-state index contributed by atoms with van der Waals surface area (Å²) in [7, 11) is 0. The molecule has 0 saturated carbocycles. The first-order valence-corrected chi connectivity index (χ1v) is 3.01. The van der Waals surface area contributed by atoms with E-state index in [0.717, 1.165) is 18.4 Å². The molecular formula is C8H12O. The van der Waals surface area contributed by atoms with E-state index in [4.69, 9.17) is 11.5 Å². The molecule has 50 valence electrons. The summed E-state index contributed by atoms with van der Waals surface area (Å²) in [4.78, 5) is 0. The van der Waals surface area contributed by atoms with Crippen LogP contribution >= 0.6 is 0 Å². The normalized spacial score (nSPS) is 11.0. The van der Waals surface area contributed by atoms with Gasteiger partial charge in [0.2, 0.25) is 0 Å². The quantitative estimate of drug-likeness (QED) is 0.444. The van der Waals surface area contributed by atoms with Gasteiger partial charge in [0.25, 0.3) is 0 Å². The van der Waals surface area contributed by atoms with Crippen molar-refractivity contribution in [2.24, 2.45) is 0 Å². The van der Waals surface area contributed by atoms with Crippen molar-refractivity contribution in [1.29, 1.82) is 0 Å². The maximum atomic E-state index is 8.41. The molecule has 0 aromatic carbocycles. The molecule has 0 spiro atoms. The average Bonchev–Trinajstić information content (AvgIpc) is 1.85. The highest BCUT2D eigenvalue weighted by Gasteiger charge is 1.84. The zero-order valence-corrected chi connectivity index (χ0v) is 5.72. The number of terminal acetylenes is 1. The lowest BCUT2D eigenvalue weighted by Crippen LogP contribution is -1.79. The highest BCUT2D eigenvalue weighted by atomic mass is 16.2. The Labute approximate surface area is 56.4 Å². The van der Waals surface area contributed by atoms with E-state index >= 15 is 0 Å². The Morgan fingerprint density at radius 3 is 2.89 bits per heavy atom. The molecule has 1 N–H and O–H groups in total. The molecule has 1 heteroatoms. The van der Waals surface area contributed by atoms with Crippen molar-refractivity contribution >= 4 is 0 Å². The van der Waals surface area contributed by atoms with Gasteiger partial charge in [0.1, 0.15) is 0 Å². The van der Waals surface area contributed by atoms with Crippen LogP contribution in [0.5, 0.6) is 0 Å². The Balaban J connectivity index is 3.40. The fraction of sp³-hybridized carbons (Fsp3) is 0.500. The Bertz CT molecular complexity index is 128. The first-order chi connectivity index (χ1) is 4.31. The van der Waals surface area contributed by atoms with Gasteiger partial charge in [-0.05, 0) is 13.3 Å². The summed E-state index contributed by atoms with van der Waals surface area (Å²) in [6, 6.07) is 0. The van der Waals surface area contributed by atoms with Crippen LogP contribution in [0.4, 0.5) is 0 Å². The second kappa shape index (κ2) is 5.40. The van der Waals surface area contributed by atoms with Gasteiger partial charge >= 0.3 is 0 Å². The van der Waals surface area contributed by atoms with Gasteiger partial charge in [0, 0.05) is 6.42 Å². The van der Waals surface area contributed by atoms with E-state index in [1.165, 1.54) is 0 Å². The molecule has 0 aromatic rings. The number of allylic oxidation sites excluding steroid dienone is 1. The van der Waals surface area contributed by atoms with Crippen LogP contribution in [0.3, 0.4) is 0 Å². The van der Waals surface area contributed by atoms with Crippen LogP contribution in [0.15, 0.2) is 11.6 Å². The van der Waals surface area contributed by atoms with E-state index in [0.29, 0.717) is 0 Å². The highest BCUT2D eigenvalue weighted by Crippen LogP contribution is 2.00. The van der Waals surface area contributed by atoms with Crippen molar-refractivity contribution < 1.29 is 5.11 Å². The summed E-state index contributed by atoms with van der Waals surface area (Å²) in [6.07, 6.45) is 8.47. The highest BCUT2D eigenvalue weighted by molar-refractivity contribution is 5.01. The van der Waals surface area contributed by atoms with Crippen LogP contribution in [0.2, 0.25) is 0 Å². The second-order valence-corrected chi connectivity index (χ2v) is 1.94. The maximum absolute atomic E-state index is 8.41. The van der Waals surface area contributed by atoms with Crippen LogP contribution in [-0.2, 0) is 0 Å². The monoisotopic (exact) mass is 124 g/mol. The molecule has 0 aliphatic carbocycles. The zero-order chi connectivity index (χ0) is 7.11. The van der Waals surface area contributed by atoms with E-state index < -0.39 is 0 Å². The summed E-state index contributed by atoms with van der Waals surface area (Å²) in [5.41, 5.74) is 1.16. The molecule has 0 amide bonds. The summed E-state index contributed by atoms with van der Waals surface area (Å²) < 4.78 is 0. The third kappa shape index (κ3) is 5.13. The van der Waals surface area contributed by atoms with Gasteiger partial charge in [-0.15, -0.1) is 12.3 Å². The Hall–Kier alpha value is -0.740. The Morgan fingerprint density at radius 1 is 1.78 bits per heavy atom. The predicted octanol–water partition coefficient (Wildman–Crippen LogP) is 1.34. The van der Waals surface area contributed by atoms with E-state index in [1.807, 2.05) is 6.92 Å². The largest absolute Gasteiger partial charge is 0.392 e. The van der Waals surface area contributed by atoms with Crippen molar-refractivity contribution in [3.05, 3.63) is 11.6 Å². The van der Waals surface area contributed by atoms with Crippen molar-refractivity contribution in [3.63, 3.8) is 0 Å². The lowest BCUT2D eigenvalue weighted by molar-refractivity contribution is 0.341. The fourth-order valence-electron chi connectivity index (χ4n) is 0.527. The molecule has 0 unspecified atom stereocenters. The lowest BCUT2D eigenvalue weighted by atomic mass is 10.1. The number of rotatable bonds is 3. The summed E-state index contributed by atoms with van der Waals surface area (Å²) >= 11 is 0. The predicted molar refractivity (Wildman–Crippen MR) is 38.9 cm³/mol. The minimum absolute atomic E-state index is 0.121. The van der Waals surface area contributed by atoms with Crippen molar-refractivity contribution in [3.8, 4) is 12.3 Å². The van der Waals surface area contributed by atoms with Crippen LogP contribution in [0, 0.1) is 12.3 Å². The second-order valence-electron chi connectivity index (χ2n) is 1.94. The number of hydrogen-bond donors (Lipinski definition) is 1. The van der Waals surface area contributed by atoms with Gasteiger partial charge in [0.05, 0.1) is 6.61 Å². The Kier molecular flexibility index (Phi) is 4.95. The van der Waals surface area contributed by atoms with Crippen LogP contribution < -0.4 is 0 Å². The molecule has 0 atom stereocenters. The maximum Gasteiger partial charge on any atom is 0.0614 e. The van der Waals surface area contributed by atoms with E-state index in [1.54, 1.807) is 6.08 Å².